The Morgan fingerprint density at radius 3 is 3.12 bits per heavy atom. The van der Waals surface area contributed by atoms with Gasteiger partial charge in [0.05, 0.1) is 33.7 Å². The minimum atomic E-state index is -0.399. The molecule has 1 fully saturated rings. The minimum absolute atomic E-state index is 0.0633. The Morgan fingerprint density at radius 1 is 1.60 bits per heavy atom. The summed E-state index contributed by atoms with van der Waals surface area (Å²) < 4.78 is 0. The summed E-state index contributed by atoms with van der Waals surface area (Å²) in [7, 11) is 0. The number of amides is 1. The number of piperidine rings is 1. The van der Waals surface area contributed by atoms with E-state index in [1.807, 2.05) is 6.92 Å². The Labute approximate surface area is 151 Å². The second-order valence-electron chi connectivity index (χ2n) is 6.41. The molecule has 1 saturated heterocycles. The Hall–Kier alpha value is -2.12. The maximum Gasteiger partial charge on any atom is 0.269 e. The van der Waals surface area contributed by atoms with E-state index in [-0.39, 0.29) is 11.8 Å². The zero-order valence-electron chi connectivity index (χ0n) is 14.2. The average Bonchev–Trinajstić information content (AvgIpc) is 2.98. The summed E-state index contributed by atoms with van der Waals surface area (Å²) in [6.07, 6.45) is 6.49. The number of carbonyl (C=O) groups excluding carboxylic acids is 1. The number of aromatic amines is 1. The lowest BCUT2D eigenvalue weighted by atomic mass is 10.1. The van der Waals surface area contributed by atoms with Crippen LogP contribution < -0.4 is 16.0 Å². The van der Waals surface area contributed by atoms with Gasteiger partial charge in [0.2, 0.25) is 0 Å². The maximum absolute atomic E-state index is 12.2. The van der Waals surface area contributed by atoms with E-state index in [1.54, 1.807) is 12.4 Å². The van der Waals surface area contributed by atoms with Crippen molar-refractivity contribution in [1.29, 1.82) is 5.41 Å². The highest BCUT2D eigenvalue weighted by Crippen LogP contribution is 2.38. The van der Waals surface area contributed by atoms with Gasteiger partial charge in [-0.05, 0) is 19.3 Å². The van der Waals surface area contributed by atoms with Crippen LogP contribution in [0.4, 0.5) is 11.4 Å². The molecule has 8 heteroatoms. The number of H-pyrrole nitrogens is 1. The summed E-state index contributed by atoms with van der Waals surface area (Å²) in [6.45, 7) is 3.51. The van der Waals surface area contributed by atoms with Gasteiger partial charge < -0.3 is 20.9 Å². The number of rotatable bonds is 5. The summed E-state index contributed by atoms with van der Waals surface area (Å²) in [6, 6.07) is 0.0998. The molecule has 0 radical (unpaired) electrons. The minimum Gasteiger partial charge on any atom is -0.368 e. The van der Waals surface area contributed by atoms with E-state index in [0.29, 0.717) is 29.3 Å². The van der Waals surface area contributed by atoms with E-state index in [1.165, 1.54) is 0 Å². The van der Waals surface area contributed by atoms with Crippen molar-refractivity contribution in [2.45, 2.75) is 38.6 Å². The molecule has 134 valence electrons. The Balaban J connectivity index is 1.99. The number of fused-ring (bicyclic) bond motifs is 1. The van der Waals surface area contributed by atoms with E-state index >= 15 is 0 Å². The van der Waals surface area contributed by atoms with Crippen molar-refractivity contribution < 1.29 is 4.79 Å². The maximum atomic E-state index is 12.2. The number of nitrogens with zero attached hydrogens (tertiary/aromatic N) is 2. The normalized spacial score (nSPS) is 17.7. The fraction of sp³-hybridized carbons (Fsp3) is 0.471. The molecule has 0 bridgehead atoms. The van der Waals surface area contributed by atoms with Crippen LogP contribution in [0, 0.1) is 5.41 Å². The fourth-order valence-corrected chi connectivity index (χ4v) is 3.50. The molecule has 5 N–H and O–H groups in total. The molecule has 0 unspecified atom stereocenters. The third-order valence-corrected chi connectivity index (χ3v) is 4.70. The van der Waals surface area contributed by atoms with E-state index < -0.39 is 5.91 Å². The number of halogens is 1. The first kappa shape index (κ1) is 17.7. The van der Waals surface area contributed by atoms with Crippen LogP contribution in [0.3, 0.4) is 0 Å². The molecule has 2 aromatic rings. The van der Waals surface area contributed by atoms with Crippen molar-refractivity contribution in [2.24, 2.45) is 5.73 Å². The van der Waals surface area contributed by atoms with Gasteiger partial charge in [0, 0.05) is 25.3 Å². The number of anilines is 2. The predicted molar refractivity (Wildman–Crippen MR) is 102 cm³/mol. The first-order chi connectivity index (χ1) is 12.0. The average molecular weight is 363 g/mol. The van der Waals surface area contributed by atoms with Crippen LogP contribution >= 0.6 is 11.6 Å². The van der Waals surface area contributed by atoms with Gasteiger partial charge in [-0.3, -0.25) is 10.2 Å². The van der Waals surface area contributed by atoms with Gasteiger partial charge in [0.15, 0.2) is 0 Å². The van der Waals surface area contributed by atoms with E-state index in [0.717, 1.165) is 36.9 Å². The van der Waals surface area contributed by atoms with Gasteiger partial charge in [-0.1, -0.05) is 24.9 Å². The van der Waals surface area contributed by atoms with Gasteiger partial charge in [-0.15, -0.1) is 0 Å². The topological polar surface area (TPSA) is 111 Å². The molecule has 1 aliphatic heterocycles. The molecule has 2 aromatic heterocycles. The number of aromatic nitrogens is 2. The molecule has 1 aliphatic rings. The monoisotopic (exact) mass is 362 g/mol. The molecule has 3 heterocycles. The van der Waals surface area contributed by atoms with Gasteiger partial charge in [0.1, 0.15) is 5.65 Å². The number of carbonyl (C=O) groups is 1. The molecule has 0 saturated carbocycles. The zero-order valence-corrected chi connectivity index (χ0v) is 15.0. The summed E-state index contributed by atoms with van der Waals surface area (Å²) in [4.78, 5) is 21.8. The predicted octanol–water partition coefficient (Wildman–Crippen LogP) is 2.90. The van der Waals surface area contributed by atoms with Gasteiger partial charge in [-0.2, -0.15) is 0 Å². The highest BCUT2D eigenvalue weighted by Gasteiger charge is 2.24. The van der Waals surface area contributed by atoms with Crippen LogP contribution in [0.25, 0.3) is 11.0 Å². The van der Waals surface area contributed by atoms with Crippen molar-refractivity contribution in [3.05, 3.63) is 17.4 Å². The van der Waals surface area contributed by atoms with Crippen LogP contribution in [0.2, 0.25) is 5.02 Å². The Kier molecular flexibility index (Phi) is 5.24. The number of hydrogen-bond acceptors (Lipinski definition) is 5. The zero-order chi connectivity index (χ0) is 18.0. The Bertz CT molecular complexity index is 802. The molecule has 0 aromatic carbocycles. The number of nitrogens with two attached hydrogens (primary N) is 1. The smallest absolute Gasteiger partial charge is 0.269 e. The number of nitrogens with one attached hydrogen (secondary N) is 3. The van der Waals surface area contributed by atoms with Crippen molar-refractivity contribution >= 4 is 45.6 Å². The molecule has 1 atom stereocenters. The first-order valence-corrected chi connectivity index (χ1v) is 8.94. The lowest BCUT2D eigenvalue weighted by Crippen LogP contribution is -2.43. The van der Waals surface area contributed by atoms with E-state index in [4.69, 9.17) is 22.7 Å². The van der Waals surface area contributed by atoms with Crippen LogP contribution in [0.1, 0.15) is 32.6 Å². The third-order valence-electron chi connectivity index (χ3n) is 4.43. The molecule has 25 heavy (non-hydrogen) atoms. The second kappa shape index (κ2) is 7.41. The lowest BCUT2D eigenvalue weighted by molar-refractivity contribution is -0.110. The standard InChI is InChI=1S/C17H23ClN6O/c1-2-4-12(20)17(25)23-13-8-22-16-14(13)15(11(18)7-21-16)24-6-3-5-10(19)9-24/h7-8,10,20H,2-6,9,19H2,1H3,(H,21,22)(H,23,25)/t10-/m1/s1. The number of hydrogen-bond donors (Lipinski definition) is 4. The SMILES string of the molecule is CCCC(=N)C(=O)Nc1c[nH]c2ncc(Cl)c(N3CCC[C@@H](N)C3)c12. The van der Waals surface area contributed by atoms with Crippen molar-refractivity contribution in [3.63, 3.8) is 0 Å². The fourth-order valence-electron chi connectivity index (χ4n) is 3.24. The summed E-state index contributed by atoms with van der Waals surface area (Å²) in [5.74, 6) is -0.399. The summed E-state index contributed by atoms with van der Waals surface area (Å²) in [5, 5.41) is 11.9. The number of pyridine rings is 1. The molecular weight excluding hydrogens is 340 g/mol. The molecular formula is C17H23ClN6O. The van der Waals surface area contributed by atoms with Gasteiger partial charge >= 0.3 is 0 Å². The molecule has 1 amide bonds. The highest BCUT2D eigenvalue weighted by molar-refractivity contribution is 6.42. The molecule has 3 rings (SSSR count). The second-order valence-corrected chi connectivity index (χ2v) is 6.82. The van der Waals surface area contributed by atoms with Crippen molar-refractivity contribution in [2.75, 3.05) is 23.3 Å². The first-order valence-electron chi connectivity index (χ1n) is 8.56. The van der Waals surface area contributed by atoms with Crippen LogP contribution in [0.5, 0.6) is 0 Å². The molecule has 0 spiro atoms. The van der Waals surface area contributed by atoms with E-state index in [2.05, 4.69) is 20.2 Å². The van der Waals surface area contributed by atoms with Gasteiger partial charge in [0.25, 0.3) is 5.91 Å². The van der Waals surface area contributed by atoms with E-state index in [9.17, 15) is 4.79 Å². The van der Waals surface area contributed by atoms with Crippen LogP contribution in [-0.2, 0) is 4.79 Å². The van der Waals surface area contributed by atoms with Crippen molar-refractivity contribution in [1.82, 2.24) is 9.97 Å². The lowest BCUT2D eigenvalue weighted by Gasteiger charge is -2.33. The highest BCUT2D eigenvalue weighted by atomic mass is 35.5. The Morgan fingerprint density at radius 2 is 2.40 bits per heavy atom. The van der Waals surface area contributed by atoms with Gasteiger partial charge in [-0.25, -0.2) is 4.98 Å². The molecule has 0 aliphatic carbocycles. The molecule has 7 nitrogen and oxygen atoms in total. The third kappa shape index (κ3) is 3.62. The van der Waals surface area contributed by atoms with Crippen LogP contribution in [0.15, 0.2) is 12.4 Å². The van der Waals surface area contributed by atoms with Crippen LogP contribution in [-0.4, -0.2) is 40.7 Å². The summed E-state index contributed by atoms with van der Waals surface area (Å²) >= 11 is 6.45. The quantitative estimate of drug-likeness (QED) is 0.613. The largest absolute Gasteiger partial charge is 0.368 e. The summed E-state index contributed by atoms with van der Waals surface area (Å²) in [5.41, 5.74) is 8.25. The van der Waals surface area contributed by atoms with Crippen molar-refractivity contribution in [3.8, 4) is 0 Å².